The summed E-state index contributed by atoms with van der Waals surface area (Å²) < 4.78 is 27.5. The molecule has 42 heavy (non-hydrogen) atoms. The van der Waals surface area contributed by atoms with Crippen LogP contribution in [0.4, 0.5) is 20.2 Å². The molecule has 3 aliphatic rings. The zero-order valence-corrected chi connectivity index (χ0v) is 24.3. The summed E-state index contributed by atoms with van der Waals surface area (Å²) in [4.78, 5) is 25.4. The van der Waals surface area contributed by atoms with Crippen LogP contribution in [0.3, 0.4) is 0 Å². The quantitative estimate of drug-likeness (QED) is 0.456. The molecule has 0 unspecified atom stereocenters. The number of carbonyl (C=O) groups excluding carboxylic acids is 1. The van der Waals surface area contributed by atoms with E-state index >= 15 is 0 Å². The first-order chi connectivity index (χ1) is 20.3. The maximum absolute atomic E-state index is 13.8. The lowest BCUT2D eigenvalue weighted by molar-refractivity contribution is 0.0978. The van der Waals surface area contributed by atoms with Gasteiger partial charge in [-0.1, -0.05) is 12.1 Å². The monoisotopic (exact) mass is 572 g/mol. The number of benzene rings is 3. The molecule has 0 bridgehead atoms. The highest BCUT2D eigenvalue weighted by Gasteiger charge is 2.24. The van der Waals surface area contributed by atoms with Gasteiger partial charge in [0.05, 0.1) is 12.1 Å². The van der Waals surface area contributed by atoms with Crippen LogP contribution in [0, 0.1) is 11.6 Å². The predicted molar refractivity (Wildman–Crippen MR) is 164 cm³/mol. The van der Waals surface area contributed by atoms with Crippen molar-refractivity contribution in [1.82, 2.24) is 15.1 Å². The number of nitrogens with zero attached hydrogens (tertiary/aromatic N) is 4. The second-order valence-corrected chi connectivity index (χ2v) is 11.8. The van der Waals surface area contributed by atoms with Crippen molar-refractivity contribution in [3.63, 3.8) is 0 Å². The van der Waals surface area contributed by atoms with E-state index in [0.29, 0.717) is 36.0 Å². The average molecular weight is 573 g/mol. The Morgan fingerprint density at radius 1 is 0.857 bits per heavy atom. The van der Waals surface area contributed by atoms with E-state index < -0.39 is 11.6 Å². The summed E-state index contributed by atoms with van der Waals surface area (Å²) in [5.41, 5.74) is 5.86. The molecule has 1 amide bonds. The van der Waals surface area contributed by atoms with Gasteiger partial charge in [0.1, 0.15) is 17.5 Å². The van der Waals surface area contributed by atoms with Gasteiger partial charge in [-0.3, -0.25) is 9.79 Å². The van der Waals surface area contributed by atoms with Gasteiger partial charge in [0, 0.05) is 55.2 Å². The number of nitrogens with one attached hydrogen (secondary N) is 2. The SMILES string of the molecule is CN1CCC(Nc2cc(N3CCN(C)CC3)ccc2C(=O)NC2=NCc3ccc(Cc4cc(F)cc(F)c4)cc32)CC1. The summed E-state index contributed by atoms with van der Waals surface area (Å²) in [6.07, 6.45) is 2.42. The summed E-state index contributed by atoms with van der Waals surface area (Å²) in [5, 5.41) is 6.78. The van der Waals surface area contributed by atoms with Crippen LogP contribution in [0.15, 0.2) is 59.6 Å². The maximum Gasteiger partial charge on any atom is 0.258 e. The fourth-order valence-corrected chi connectivity index (χ4v) is 6.06. The number of piperidine rings is 1. The number of likely N-dealkylation sites (N-methyl/N-ethyl adjacent to an activating group) is 1. The summed E-state index contributed by atoms with van der Waals surface area (Å²) in [6.45, 7) is 6.44. The first kappa shape index (κ1) is 28.3. The Bertz CT molecular complexity index is 1470. The first-order valence-corrected chi connectivity index (χ1v) is 14.8. The van der Waals surface area contributed by atoms with Crippen molar-refractivity contribution < 1.29 is 13.6 Å². The number of hydrogen-bond acceptors (Lipinski definition) is 6. The van der Waals surface area contributed by atoms with Gasteiger partial charge < -0.3 is 25.3 Å². The zero-order chi connectivity index (χ0) is 29.2. The molecule has 2 N–H and O–H groups in total. The van der Waals surface area contributed by atoms with Gasteiger partial charge in [0.2, 0.25) is 0 Å². The van der Waals surface area contributed by atoms with Crippen molar-refractivity contribution in [2.75, 3.05) is 63.6 Å². The van der Waals surface area contributed by atoms with Crippen LogP contribution in [-0.2, 0) is 13.0 Å². The third-order valence-corrected chi connectivity index (χ3v) is 8.59. The number of aliphatic imine (C=N–C) groups is 1. The van der Waals surface area contributed by atoms with Gasteiger partial charge in [0.25, 0.3) is 5.91 Å². The summed E-state index contributed by atoms with van der Waals surface area (Å²) in [6, 6.07) is 15.8. The van der Waals surface area contributed by atoms with E-state index in [9.17, 15) is 13.6 Å². The van der Waals surface area contributed by atoms with Crippen LogP contribution < -0.4 is 15.5 Å². The van der Waals surface area contributed by atoms with Gasteiger partial charge in [0.15, 0.2) is 0 Å². The number of amides is 1. The molecule has 0 spiro atoms. The van der Waals surface area contributed by atoms with E-state index in [1.807, 2.05) is 30.3 Å². The molecule has 3 heterocycles. The number of carbonyl (C=O) groups is 1. The van der Waals surface area contributed by atoms with Gasteiger partial charge in [-0.05, 0) is 99.5 Å². The molecule has 3 aromatic carbocycles. The number of piperazine rings is 1. The third kappa shape index (κ3) is 6.47. The molecule has 0 aromatic heterocycles. The normalized spacial score (nSPS) is 18.1. The molecular formula is C33H38F2N6O. The highest BCUT2D eigenvalue weighted by Crippen LogP contribution is 2.28. The van der Waals surface area contributed by atoms with Gasteiger partial charge in [-0.15, -0.1) is 0 Å². The molecule has 3 aliphatic heterocycles. The molecule has 3 aromatic rings. The number of fused-ring (bicyclic) bond motifs is 1. The second-order valence-electron chi connectivity index (χ2n) is 11.8. The minimum atomic E-state index is -0.594. The van der Waals surface area contributed by atoms with Gasteiger partial charge in [-0.25, -0.2) is 8.78 Å². The number of amidine groups is 1. The largest absolute Gasteiger partial charge is 0.382 e. The molecule has 6 rings (SSSR count). The highest BCUT2D eigenvalue weighted by atomic mass is 19.1. The van der Waals surface area contributed by atoms with E-state index in [2.05, 4.69) is 50.5 Å². The lowest BCUT2D eigenvalue weighted by Crippen LogP contribution is -2.44. The maximum atomic E-state index is 13.8. The molecule has 0 radical (unpaired) electrons. The number of halogens is 2. The molecule has 2 fully saturated rings. The smallest absolute Gasteiger partial charge is 0.258 e. The van der Waals surface area contributed by atoms with Crippen LogP contribution >= 0.6 is 0 Å². The van der Waals surface area contributed by atoms with E-state index in [1.54, 1.807) is 0 Å². The Labute approximate surface area is 246 Å². The van der Waals surface area contributed by atoms with Crippen molar-refractivity contribution in [1.29, 1.82) is 0 Å². The molecule has 9 heteroatoms. The number of hydrogen-bond donors (Lipinski definition) is 2. The average Bonchev–Trinajstić information content (AvgIpc) is 3.36. The van der Waals surface area contributed by atoms with Crippen LogP contribution in [0.25, 0.3) is 0 Å². The molecule has 0 aliphatic carbocycles. The minimum absolute atomic E-state index is 0.209. The topological polar surface area (TPSA) is 63.2 Å². The minimum Gasteiger partial charge on any atom is -0.382 e. The number of likely N-dealkylation sites (tertiary alicyclic amines) is 1. The van der Waals surface area contributed by atoms with Crippen molar-refractivity contribution >= 4 is 23.1 Å². The fraction of sp³-hybridized carbons (Fsp3) is 0.394. The molecule has 7 nitrogen and oxygen atoms in total. The van der Waals surface area contributed by atoms with Crippen molar-refractivity contribution in [3.8, 4) is 0 Å². The van der Waals surface area contributed by atoms with E-state index in [0.717, 1.165) is 86.2 Å². The van der Waals surface area contributed by atoms with Crippen LogP contribution in [0.1, 0.15) is 45.5 Å². The molecule has 2 saturated heterocycles. The van der Waals surface area contributed by atoms with E-state index in [1.165, 1.54) is 12.1 Å². The standard InChI is InChI=1S/C33H38F2N6O/c1-39-9-7-27(8-10-39)37-31-20-28(41-13-11-40(2)12-14-41)5-6-29(31)33(42)38-32-30-18-22(3-4-24(30)21-36-32)15-23-16-25(34)19-26(35)17-23/h3-6,16-20,27,37H,7-15,21H2,1-2H3,(H,36,38,42). The van der Waals surface area contributed by atoms with Gasteiger partial charge >= 0.3 is 0 Å². The van der Waals surface area contributed by atoms with Crippen molar-refractivity contribution in [2.45, 2.75) is 31.8 Å². The number of anilines is 2. The zero-order valence-electron chi connectivity index (χ0n) is 24.3. The summed E-state index contributed by atoms with van der Waals surface area (Å²) in [7, 11) is 4.29. The van der Waals surface area contributed by atoms with Crippen LogP contribution in [-0.4, -0.2) is 80.9 Å². The fourth-order valence-electron chi connectivity index (χ4n) is 6.06. The van der Waals surface area contributed by atoms with E-state index in [-0.39, 0.29) is 5.91 Å². The van der Waals surface area contributed by atoms with Crippen molar-refractivity contribution in [3.05, 3.63) is 94.0 Å². The summed E-state index contributed by atoms with van der Waals surface area (Å²) >= 11 is 0. The Balaban J connectivity index is 1.22. The van der Waals surface area contributed by atoms with Gasteiger partial charge in [-0.2, -0.15) is 0 Å². The Kier molecular flexibility index (Phi) is 8.22. The molecule has 0 saturated carbocycles. The Morgan fingerprint density at radius 3 is 2.31 bits per heavy atom. The molecule has 0 atom stereocenters. The van der Waals surface area contributed by atoms with Crippen LogP contribution in [0.5, 0.6) is 0 Å². The lowest BCUT2D eigenvalue weighted by atomic mass is 9.99. The Morgan fingerprint density at radius 2 is 1.57 bits per heavy atom. The third-order valence-electron chi connectivity index (χ3n) is 8.59. The van der Waals surface area contributed by atoms with Crippen LogP contribution in [0.2, 0.25) is 0 Å². The summed E-state index contributed by atoms with van der Waals surface area (Å²) in [5.74, 6) is -0.872. The second kappa shape index (κ2) is 12.2. The molecular weight excluding hydrogens is 534 g/mol. The molecule has 220 valence electrons. The predicted octanol–water partition coefficient (Wildman–Crippen LogP) is 4.50. The first-order valence-electron chi connectivity index (χ1n) is 14.8. The highest BCUT2D eigenvalue weighted by molar-refractivity contribution is 6.15. The van der Waals surface area contributed by atoms with Crippen molar-refractivity contribution in [2.24, 2.45) is 4.99 Å². The Hall–Kier alpha value is -3.82. The lowest BCUT2D eigenvalue weighted by Gasteiger charge is -2.35. The van der Waals surface area contributed by atoms with E-state index in [4.69, 9.17) is 0 Å². The number of rotatable bonds is 6.